The number of carbonyl (C=O) groups excluding carboxylic acids is 2. The van der Waals surface area contributed by atoms with Crippen molar-refractivity contribution in [2.45, 2.75) is 6.92 Å². The number of hydrogen-bond acceptors (Lipinski definition) is 5. The average molecular weight is 361 g/mol. The first-order valence-corrected chi connectivity index (χ1v) is 8.03. The molecule has 0 bridgehead atoms. The summed E-state index contributed by atoms with van der Waals surface area (Å²) in [6.07, 6.45) is 2.67. The number of halogens is 2. The van der Waals surface area contributed by atoms with E-state index < -0.39 is 11.6 Å². The van der Waals surface area contributed by atoms with Gasteiger partial charge in [0, 0.05) is 44.9 Å². The van der Waals surface area contributed by atoms with Crippen molar-refractivity contribution in [3.05, 3.63) is 47.9 Å². The normalized spacial score (nSPS) is 14.3. The quantitative estimate of drug-likeness (QED) is 0.902. The number of aromatic nitrogens is 2. The minimum absolute atomic E-state index is 0.00968. The van der Waals surface area contributed by atoms with Gasteiger partial charge in [-0.3, -0.25) is 9.59 Å². The lowest BCUT2D eigenvalue weighted by molar-refractivity contribution is -0.130. The number of hydrogen-bond donors (Lipinski definition) is 1. The summed E-state index contributed by atoms with van der Waals surface area (Å²) in [5.41, 5.74) is 0.495. The van der Waals surface area contributed by atoms with E-state index in [2.05, 4.69) is 15.3 Å². The lowest BCUT2D eigenvalue weighted by atomic mass is 10.2. The van der Waals surface area contributed by atoms with Crippen LogP contribution in [-0.2, 0) is 4.79 Å². The Morgan fingerprint density at radius 2 is 1.69 bits per heavy atom. The van der Waals surface area contributed by atoms with Crippen molar-refractivity contribution in [3.63, 3.8) is 0 Å². The predicted octanol–water partition coefficient (Wildman–Crippen LogP) is 1.80. The lowest BCUT2D eigenvalue weighted by Gasteiger charge is -2.33. The van der Waals surface area contributed by atoms with Gasteiger partial charge in [-0.1, -0.05) is 0 Å². The Hall–Kier alpha value is -3.10. The van der Waals surface area contributed by atoms with Crippen molar-refractivity contribution < 1.29 is 18.4 Å². The molecule has 1 N–H and O–H groups in total. The molecule has 9 heteroatoms. The van der Waals surface area contributed by atoms with Crippen LogP contribution < -0.4 is 5.32 Å². The van der Waals surface area contributed by atoms with Crippen molar-refractivity contribution in [2.24, 2.45) is 0 Å². The van der Waals surface area contributed by atoms with Crippen LogP contribution in [0.4, 0.5) is 20.3 Å². The molecule has 0 saturated carbocycles. The van der Waals surface area contributed by atoms with Crippen molar-refractivity contribution in [2.75, 3.05) is 31.5 Å². The maximum absolute atomic E-state index is 13.2. The van der Waals surface area contributed by atoms with Crippen LogP contribution in [0.15, 0.2) is 30.6 Å². The van der Waals surface area contributed by atoms with E-state index in [0.29, 0.717) is 37.7 Å². The maximum atomic E-state index is 13.2. The third-order valence-corrected chi connectivity index (χ3v) is 4.08. The van der Waals surface area contributed by atoms with Gasteiger partial charge in [-0.2, -0.15) is 0 Å². The van der Waals surface area contributed by atoms with Crippen molar-refractivity contribution in [1.82, 2.24) is 19.8 Å². The fourth-order valence-electron chi connectivity index (χ4n) is 2.61. The molecule has 0 spiro atoms. The number of nitrogens with zero attached hydrogens (tertiary/aromatic N) is 4. The average Bonchev–Trinajstić information content (AvgIpc) is 2.65. The van der Waals surface area contributed by atoms with E-state index in [0.717, 1.165) is 12.1 Å². The highest BCUT2D eigenvalue weighted by atomic mass is 19.2. The Labute approximate surface area is 148 Å². The van der Waals surface area contributed by atoms with E-state index in [9.17, 15) is 18.4 Å². The van der Waals surface area contributed by atoms with E-state index >= 15 is 0 Å². The highest BCUT2D eigenvalue weighted by molar-refractivity contribution is 5.92. The van der Waals surface area contributed by atoms with Crippen molar-refractivity contribution in [3.8, 4) is 0 Å². The molecule has 1 saturated heterocycles. The third kappa shape index (κ3) is 3.93. The Kier molecular flexibility index (Phi) is 5.06. The molecule has 136 valence electrons. The largest absolute Gasteiger partial charge is 0.339 e. The second-order valence-electron chi connectivity index (χ2n) is 5.84. The van der Waals surface area contributed by atoms with Crippen molar-refractivity contribution in [1.29, 1.82) is 0 Å². The molecule has 1 aromatic carbocycles. The van der Waals surface area contributed by atoms with Crippen LogP contribution in [0.1, 0.15) is 17.4 Å². The lowest BCUT2D eigenvalue weighted by Crippen LogP contribution is -2.50. The topological polar surface area (TPSA) is 78.4 Å². The SMILES string of the molecule is CC(=O)N1CCN(C(=O)c2cnc(Nc3ccc(F)c(F)c3)cn2)CC1. The molecule has 26 heavy (non-hydrogen) atoms. The first-order chi connectivity index (χ1) is 12.4. The number of carbonyl (C=O) groups is 2. The van der Waals surface area contributed by atoms with E-state index in [1.807, 2.05) is 0 Å². The molecule has 1 fully saturated rings. The predicted molar refractivity (Wildman–Crippen MR) is 89.8 cm³/mol. The zero-order valence-electron chi connectivity index (χ0n) is 14.1. The van der Waals surface area contributed by atoms with Crippen LogP contribution in [-0.4, -0.2) is 57.8 Å². The molecule has 1 aromatic heterocycles. The highest BCUT2D eigenvalue weighted by Gasteiger charge is 2.24. The van der Waals surface area contributed by atoms with E-state index in [4.69, 9.17) is 0 Å². The van der Waals surface area contributed by atoms with Crippen LogP contribution in [0.25, 0.3) is 0 Å². The van der Waals surface area contributed by atoms with Crippen LogP contribution in [0, 0.1) is 11.6 Å². The standard InChI is InChI=1S/C17H17F2N5O2/c1-11(25)23-4-6-24(7-5-23)17(26)15-9-21-16(10-20-15)22-12-2-3-13(18)14(19)8-12/h2-3,8-10H,4-7H2,1H3,(H,21,22). The number of piperazine rings is 1. The number of amides is 2. The molecule has 0 radical (unpaired) electrons. The van der Waals surface area contributed by atoms with Gasteiger partial charge in [0.05, 0.1) is 12.4 Å². The minimum Gasteiger partial charge on any atom is -0.339 e. The Morgan fingerprint density at radius 1 is 1.00 bits per heavy atom. The van der Waals surface area contributed by atoms with Crippen molar-refractivity contribution >= 4 is 23.3 Å². The van der Waals surface area contributed by atoms with Gasteiger partial charge in [0.25, 0.3) is 5.91 Å². The van der Waals surface area contributed by atoms with Gasteiger partial charge < -0.3 is 15.1 Å². The van der Waals surface area contributed by atoms with E-state index in [1.165, 1.54) is 25.4 Å². The molecule has 1 aliphatic rings. The number of anilines is 2. The van der Waals surface area contributed by atoms with Gasteiger partial charge >= 0.3 is 0 Å². The van der Waals surface area contributed by atoms with Gasteiger partial charge in [-0.15, -0.1) is 0 Å². The molecule has 3 rings (SSSR count). The highest BCUT2D eigenvalue weighted by Crippen LogP contribution is 2.17. The first kappa shape index (κ1) is 17.7. The summed E-state index contributed by atoms with van der Waals surface area (Å²) >= 11 is 0. The summed E-state index contributed by atoms with van der Waals surface area (Å²) in [5, 5.41) is 2.79. The van der Waals surface area contributed by atoms with Crippen LogP contribution in [0.5, 0.6) is 0 Å². The minimum atomic E-state index is -0.973. The zero-order chi connectivity index (χ0) is 18.7. The summed E-state index contributed by atoms with van der Waals surface area (Å²) < 4.78 is 26.1. The Bertz CT molecular complexity index is 820. The van der Waals surface area contributed by atoms with Crippen LogP contribution in [0.3, 0.4) is 0 Å². The number of nitrogens with one attached hydrogen (secondary N) is 1. The van der Waals surface area contributed by atoms with Gasteiger partial charge in [0.1, 0.15) is 11.5 Å². The maximum Gasteiger partial charge on any atom is 0.274 e. The molecular formula is C17H17F2N5O2. The fraction of sp³-hybridized carbons (Fsp3) is 0.294. The fourth-order valence-corrected chi connectivity index (χ4v) is 2.61. The molecule has 2 heterocycles. The summed E-state index contributed by atoms with van der Waals surface area (Å²) in [4.78, 5) is 35.2. The molecule has 2 aromatic rings. The smallest absolute Gasteiger partial charge is 0.274 e. The molecule has 7 nitrogen and oxygen atoms in total. The van der Waals surface area contributed by atoms with Gasteiger partial charge in [0.2, 0.25) is 5.91 Å². The third-order valence-electron chi connectivity index (χ3n) is 4.08. The second-order valence-corrected chi connectivity index (χ2v) is 5.84. The number of rotatable bonds is 3. The van der Waals surface area contributed by atoms with Gasteiger partial charge in [-0.05, 0) is 12.1 Å². The number of benzene rings is 1. The summed E-state index contributed by atoms with van der Waals surface area (Å²) in [6, 6.07) is 3.38. The van der Waals surface area contributed by atoms with Crippen LogP contribution in [0.2, 0.25) is 0 Å². The molecule has 1 aliphatic heterocycles. The van der Waals surface area contributed by atoms with E-state index in [1.54, 1.807) is 9.80 Å². The second kappa shape index (κ2) is 7.42. The van der Waals surface area contributed by atoms with E-state index in [-0.39, 0.29) is 17.5 Å². The molecular weight excluding hydrogens is 344 g/mol. The monoisotopic (exact) mass is 361 g/mol. The van der Waals surface area contributed by atoms with Crippen LogP contribution >= 0.6 is 0 Å². The Morgan fingerprint density at radius 3 is 2.27 bits per heavy atom. The molecule has 0 atom stereocenters. The zero-order valence-corrected chi connectivity index (χ0v) is 14.1. The first-order valence-electron chi connectivity index (χ1n) is 8.03. The summed E-state index contributed by atoms with van der Waals surface area (Å²) in [7, 11) is 0. The molecule has 0 aliphatic carbocycles. The molecule has 0 unspecified atom stereocenters. The summed E-state index contributed by atoms with van der Waals surface area (Å²) in [5.74, 6) is -1.88. The summed E-state index contributed by atoms with van der Waals surface area (Å²) in [6.45, 7) is 3.36. The van der Waals surface area contributed by atoms with Gasteiger partial charge in [0.15, 0.2) is 11.6 Å². The Balaban J connectivity index is 1.63. The van der Waals surface area contributed by atoms with Gasteiger partial charge in [-0.25, -0.2) is 18.7 Å². The molecule has 2 amide bonds.